The molecule has 5 nitrogen and oxygen atoms in total. The molecule has 2 aliphatic rings. The second-order valence-corrected chi connectivity index (χ2v) is 10.1. The van der Waals surface area contributed by atoms with Gasteiger partial charge in [-0.15, -0.1) is 0 Å². The first kappa shape index (κ1) is 22.6. The van der Waals surface area contributed by atoms with Gasteiger partial charge in [0.1, 0.15) is 0 Å². The minimum absolute atomic E-state index is 0.0934. The number of rotatable bonds is 6. The van der Waals surface area contributed by atoms with Crippen LogP contribution in [0.1, 0.15) is 38.8 Å². The van der Waals surface area contributed by atoms with Crippen LogP contribution in [0.5, 0.6) is 0 Å². The molecule has 0 saturated carbocycles. The molecule has 0 bridgehead atoms. The number of hydrogen-bond donors (Lipinski definition) is 1. The first-order chi connectivity index (χ1) is 13.8. The Hall–Kier alpha value is -1.08. The van der Waals surface area contributed by atoms with E-state index in [0.29, 0.717) is 0 Å². The van der Waals surface area contributed by atoms with Crippen LogP contribution < -0.4 is 5.32 Å². The van der Waals surface area contributed by atoms with E-state index in [-0.39, 0.29) is 30.1 Å². The summed E-state index contributed by atoms with van der Waals surface area (Å²) in [6.07, 6.45) is 0.307. The highest BCUT2D eigenvalue weighted by Crippen LogP contribution is 2.24. The van der Waals surface area contributed by atoms with Crippen molar-refractivity contribution in [3.8, 4) is 0 Å². The van der Waals surface area contributed by atoms with Crippen molar-refractivity contribution in [2.75, 3.05) is 43.0 Å². The summed E-state index contributed by atoms with van der Waals surface area (Å²) in [5, 5.41) is 3.25. The van der Waals surface area contributed by atoms with Crippen LogP contribution in [-0.4, -0.2) is 71.6 Å². The Balaban J connectivity index is 1.71. The fourth-order valence-corrected chi connectivity index (χ4v) is 5.51. The van der Waals surface area contributed by atoms with Crippen LogP contribution in [0, 0.1) is 12.8 Å². The summed E-state index contributed by atoms with van der Waals surface area (Å²) >= 11 is 2.03. The van der Waals surface area contributed by atoms with Crippen LogP contribution in [0.3, 0.4) is 0 Å². The summed E-state index contributed by atoms with van der Waals surface area (Å²) in [6.45, 7) is 15.4. The monoisotopic (exact) mass is 419 g/mol. The molecule has 1 aromatic carbocycles. The van der Waals surface area contributed by atoms with E-state index in [9.17, 15) is 4.79 Å². The molecule has 0 radical (unpaired) electrons. The Labute approximate surface area is 180 Å². The molecule has 3 rings (SSSR count). The average Bonchev–Trinajstić information content (AvgIpc) is 2.65. The molecule has 3 atom stereocenters. The summed E-state index contributed by atoms with van der Waals surface area (Å²) in [7, 11) is 0. The van der Waals surface area contributed by atoms with E-state index in [1.807, 2.05) is 17.8 Å². The van der Waals surface area contributed by atoms with Gasteiger partial charge in [-0.25, -0.2) is 0 Å². The molecule has 2 aliphatic heterocycles. The second-order valence-electron chi connectivity index (χ2n) is 8.87. The SMILES string of the molecule is Cc1c(CN2CCSCC2)cccc1NC(=O)C(C(C)C)N1CC(C)OC(C)C1. The number of anilines is 1. The molecular formula is C23H37N3O2S. The molecule has 0 aromatic heterocycles. The third-order valence-corrected chi connectivity index (χ3v) is 6.89. The average molecular weight is 420 g/mol. The first-order valence-electron chi connectivity index (χ1n) is 10.9. The first-order valence-corrected chi connectivity index (χ1v) is 12.1. The summed E-state index contributed by atoms with van der Waals surface area (Å²) in [4.78, 5) is 18.1. The van der Waals surface area contributed by atoms with Crippen molar-refractivity contribution in [1.29, 1.82) is 0 Å². The number of thioether (sulfide) groups is 1. The van der Waals surface area contributed by atoms with E-state index < -0.39 is 0 Å². The van der Waals surface area contributed by atoms with Crippen molar-refractivity contribution in [2.24, 2.45) is 5.92 Å². The van der Waals surface area contributed by atoms with Crippen molar-refractivity contribution in [3.63, 3.8) is 0 Å². The van der Waals surface area contributed by atoms with Gasteiger partial charge < -0.3 is 10.1 Å². The highest BCUT2D eigenvalue weighted by Gasteiger charge is 2.34. The molecule has 1 N–H and O–H groups in total. The lowest BCUT2D eigenvalue weighted by Gasteiger charge is -2.41. The molecule has 2 fully saturated rings. The predicted molar refractivity (Wildman–Crippen MR) is 123 cm³/mol. The van der Waals surface area contributed by atoms with Gasteiger partial charge in [0.2, 0.25) is 5.91 Å². The molecule has 1 aromatic rings. The summed E-state index contributed by atoms with van der Waals surface area (Å²) in [5.74, 6) is 2.75. The topological polar surface area (TPSA) is 44.8 Å². The minimum atomic E-state index is -0.147. The quantitative estimate of drug-likeness (QED) is 0.763. The Morgan fingerprint density at radius 1 is 1.21 bits per heavy atom. The maximum Gasteiger partial charge on any atom is 0.242 e. The number of amides is 1. The number of carbonyl (C=O) groups is 1. The predicted octanol–water partition coefficient (Wildman–Crippen LogP) is 3.62. The maximum atomic E-state index is 13.3. The number of benzene rings is 1. The summed E-state index contributed by atoms with van der Waals surface area (Å²) in [6, 6.07) is 6.15. The zero-order valence-electron chi connectivity index (χ0n) is 18.6. The largest absolute Gasteiger partial charge is 0.373 e. The van der Waals surface area contributed by atoms with Gasteiger partial charge in [-0.3, -0.25) is 14.6 Å². The smallest absolute Gasteiger partial charge is 0.242 e. The van der Waals surface area contributed by atoms with E-state index in [1.165, 1.54) is 22.6 Å². The van der Waals surface area contributed by atoms with Crippen LogP contribution in [0.25, 0.3) is 0 Å². The third kappa shape index (κ3) is 5.97. The number of nitrogens with zero attached hydrogens (tertiary/aromatic N) is 2. The Kier molecular flexibility index (Phi) is 8.02. The minimum Gasteiger partial charge on any atom is -0.373 e. The fourth-order valence-electron chi connectivity index (χ4n) is 4.53. The van der Waals surface area contributed by atoms with Gasteiger partial charge in [0.15, 0.2) is 0 Å². The number of nitrogens with one attached hydrogen (secondary N) is 1. The van der Waals surface area contributed by atoms with E-state index >= 15 is 0 Å². The fraction of sp³-hybridized carbons (Fsp3) is 0.696. The summed E-state index contributed by atoms with van der Waals surface area (Å²) < 4.78 is 5.87. The van der Waals surface area contributed by atoms with Crippen LogP contribution >= 0.6 is 11.8 Å². The molecule has 1 amide bonds. The highest BCUT2D eigenvalue weighted by atomic mass is 32.2. The van der Waals surface area contributed by atoms with Crippen molar-refractivity contribution in [3.05, 3.63) is 29.3 Å². The Morgan fingerprint density at radius 3 is 2.48 bits per heavy atom. The van der Waals surface area contributed by atoms with Gasteiger partial charge in [0, 0.05) is 49.9 Å². The normalized spacial score (nSPS) is 25.2. The lowest BCUT2D eigenvalue weighted by Crippen LogP contribution is -2.55. The number of carbonyl (C=O) groups excluding carboxylic acids is 1. The van der Waals surface area contributed by atoms with Crippen molar-refractivity contribution in [1.82, 2.24) is 9.80 Å². The van der Waals surface area contributed by atoms with Gasteiger partial charge in [0.05, 0.1) is 18.2 Å². The highest BCUT2D eigenvalue weighted by molar-refractivity contribution is 7.99. The van der Waals surface area contributed by atoms with Gasteiger partial charge in [-0.05, 0) is 43.9 Å². The molecule has 6 heteroatoms. The Morgan fingerprint density at radius 2 is 1.86 bits per heavy atom. The molecule has 2 saturated heterocycles. The number of morpholine rings is 1. The van der Waals surface area contributed by atoms with Gasteiger partial charge in [-0.1, -0.05) is 26.0 Å². The van der Waals surface area contributed by atoms with Crippen molar-refractivity contribution >= 4 is 23.4 Å². The maximum absolute atomic E-state index is 13.3. The standard InChI is InChI=1S/C23H37N3O2S/c1-16(2)22(26-13-17(3)28-18(4)14-26)23(27)24-21-8-6-7-20(19(21)5)15-25-9-11-29-12-10-25/h6-8,16-18,22H,9-15H2,1-5H3,(H,24,27). The van der Waals surface area contributed by atoms with E-state index in [4.69, 9.17) is 4.74 Å². The molecule has 2 heterocycles. The zero-order valence-corrected chi connectivity index (χ0v) is 19.4. The number of ether oxygens (including phenoxy) is 1. The molecular weight excluding hydrogens is 382 g/mol. The van der Waals surface area contributed by atoms with Crippen LogP contribution in [0.4, 0.5) is 5.69 Å². The molecule has 0 aliphatic carbocycles. The van der Waals surface area contributed by atoms with Gasteiger partial charge in [-0.2, -0.15) is 11.8 Å². The lowest BCUT2D eigenvalue weighted by molar-refractivity contribution is -0.130. The number of hydrogen-bond acceptors (Lipinski definition) is 5. The second kappa shape index (κ2) is 10.3. The molecule has 162 valence electrons. The van der Waals surface area contributed by atoms with E-state index in [2.05, 4.69) is 61.9 Å². The summed E-state index contributed by atoms with van der Waals surface area (Å²) in [5.41, 5.74) is 3.44. The third-order valence-electron chi connectivity index (χ3n) is 5.94. The van der Waals surface area contributed by atoms with Gasteiger partial charge in [0.25, 0.3) is 0 Å². The van der Waals surface area contributed by atoms with E-state index in [0.717, 1.165) is 38.4 Å². The van der Waals surface area contributed by atoms with Crippen LogP contribution in [0.15, 0.2) is 18.2 Å². The van der Waals surface area contributed by atoms with Gasteiger partial charge >= 0.3 is 0 Å². The molecule has 0 spiro atoms. The van der Waals surface area contributed by atoms with Crippen LogP contribution in [0.2, 0.25) is 0 Å². The molecule has 29 heavy (non-hydrogen) atoms. The lowest BCUT2D eigenvalue weighted by atomic mass is 9.99. The Bertz CT molecular complexity index is 681. The van der Waals surface area contributed by atoms with Crippen molar-refractivity contribution in [2.45, 2.75) is 59.4 Å². The van der Waals surface area contributed by atoms with Crippen LogP contribution in [-0.2, 0) is 16.1 Å². The van der Waals surface area contributed by atoms with E-state index in [1.54, 1.807) is 0 Å². The molecule has 3 unspecified atom stereocenters. The zero-order chi connectivity index (χ0) is 21.0. The van der Waals surface area contributed by atoms with Crippen molar-refractivity contribution < 1.29 is 9.53 Å².